The lowest BCUT2D eigenvalue weighted by molar-refractivity contribution is -0.605. The summed E-state index contributed by atoms with van der Waals surface area (Å²) < 4.78 is 3.48. The van der Waals surface area contributed by atoms with Crippen molar-refractivity contribution in [2.45, 2.75) is 25.3 Å². The summed E-state index contributed by atoms with van der Waals surface area (Å²) in [5, 5.41) is 22.6. The van der Waals surface area contributed by atoms with Crippen molar-refractivity contribution < 1.29 is 4.73 Å². The van der Waals surface area contributed by atoms with E-state index in [-0.39, 0.29) is 0 Å². The predicted octanol–water partition coefficient (Wildman–Crippen LogP) is 2.20. The third-order valence-corrected chi connectivity index (χ3v) is 5.08. The number of piperidine rings is 1. The van der Waals surface area contributed by atoms with Crippen molar-refractivity contribution in [3.8, 4) is 0 Å². The number of halogens is 1. The Kier molecular flexibility index (Phi) is 4.54. The molecule has 130 valence electrons. The number of fused-ring (bicyclic) bond motifs is 1. The molecular weight excluding hydrogens is 384 g/mol. The van der Waals surface area contributed by atoms with Crippen molar-refractivity contribution >= 4 is 27.4 Å². The van der Waals surface area contributed by atoms with Gasteiger partial charge in [-0.25, -0.2) is 4.98 Å². The second-order valence-electron chi connectivity index (χ2n) is 6.24. The molecule has 3 aromatic rings. The van der Waals surface area contributed by atoms with Gasteiger partial charge in [-0.1, -0.05) is 0 Å². The lowest BCUT2D eigenvalue weighted by atomic mass is 9.94. The van der Waals surface area contributed by atoms with Crippen LogP contribution in [0.25, 0.3) is 5.65 Å². The summed E-state index contributed by atoms with van der Waals surface area (Å²) in [5.41, 5.74) is 2.81. The van der Waals surface area contributed by atoms with Crippen LogP contribution in [0.15, 0.2) is 41.3 Å². The van der Waals surface area contributed by atoms with E-state index in [1.54, 1.807) is 23.0 Å². The van der Waals surface area contributed by atoms with Crippen LogP contribution in [0.1, 0.15) is 30.0 Å². The van der Waals surface area contributed by atoms with Crippen molar-refractivity contribution in [2.75, 3.05) is 18.4 Å². The Morgan fingerprint density at radius 2 is 2.24 bits per heavy atom. The lowest BCUT2D eigenvalue weighted by Crippen LogP contribution is -2.27. The monoisotopic (exact) mass is 402 g/mol. The van der Waals surface area contributed by atoms with E-state index in [1.807, 2.05) is 6.07 Å². The van der Waals surface area contributed by atoms with E-state index in [2.05, 4.69) is 37.7 Å². The highest BCUT2D eigenvalue weighted by Gasteiger charge is 2.19. The fourth-order valence-electron chi connectivity index (χ4n) is 3.21. The van der Waals surface area contributed by atoms with Gasteiger partial charge in [-0.15, -0.1) is 0 Å². The minimum Gasteiger partial charge on any atom is -0.619 e. The van der Waals surface area contributed by atoms with Crippen LogP contribution in [-0.2, 0) is 6.54 Å². The van der Waals surface area contributed by atoms with Crippen molar-refractivity contribution in [3.05, 3.63) is 57.7 Å². The molecule has 1 aliphatic heterocycles. The van der Waals surface area contributed by atoms with Gasteiger partial charge in [0.15, 0.2) is 18.0 Å². The maximum absolute atomic E-state index is 11.4. The summed E-state index contributed by atoms with van der Waals surface area (Å²) >= 11 is 3.53. The zero-order valence-corrected chi connectivity index (χ0v) is 15.2. The summed E-state index contributed by atoms with van der Waals surface area (Å²) in [6, 6.07) is 5.75. The Morgan fingerprint density at radius 1 is 1.40 bits per heavy atom. The third-order valence-electron chi connectivity index (χ3n) is 4.52. The van der Waals surface area contributed by atoms with Gasteiger partial charge in [-0.3, -0.25) is 0 Å². The molecule has 1 fully saturated rings. The molecule has 0 aliphatic carbocycles. The molecule has 0 radical (unpaired) electrons. The van der Waals surface area contributed by atoms with Crippen LogP contribution in [0, 0.1) is 5.21 Å². The molecule has 0 unspecified atom stereocenters. The van der Waals surface area contributed by atoms with Gasteiger partial charge < -0.3 is 15.8 Å². The van der Waals surface area contributed by atoms with Crippen molar-refractivity contribution in [1.82, 2.24) is 19.9 Å². The number of nitrogens with one attached hydrogen (secondary N) is 2. The molecule has 8 heteroatoms. The quantitative estimate of drug-likeness (QED) is 0.516. The molecule has 3 aromatic heterocycles. The van der Waals surface area contributed by atoms with E-state index >= 15 is 0 Å². The van der Waals surface area contributed by atoms with Gasteiger partial charge in [0.05, 0.1) is 10.7 Å². The summed E-state index contributed by atoms with van der Waals surface area (Å²) in [5.74, 6) is 1.33. The molecule has 1 saturated heterocycles. The predicted molar refractivity (Wildman–Crippen MR) is 98.3 cm³/mol. The second kappa shape index (κ2) is 6.97. The van der Waals surface area contributed by atoms with Crippen LogP contribution in [0.4, 0.5) is 5.82 Å². The number of pyridine rings is 1. The largest absolute Gasteiger partial charge is 0.619 e. The standard InChI is InChI=1S/C17H19BrN6O/c18-14-10-21-24-16(20-9-12-2-1-7-23(25)11-12)8-15(22-17(14)24)13-3-5-19-6-4-13/h1-2,7-8,10-11,13,19-20H,3-6,9H2. The van der Waals surface area contributed by atoms with Crippen LogP contribution >= 0.6 is 15.9 Å². The second-order valence-corrected chi connectivity index (χ2v) is 7.10. The number of hydrogen-bond donors (Lipinski definition) is 2. The normalized spacial score (nSPS) is 15.6. The molecule has 0 atom stereocenters. The molecule has 4 rings (SSSR count). The van der Waals surface area contributed by atoms with Gasteiger partial charge in [0.2, 0.25) is 0 Å². The molecule has 0 saturated carbocycles. The van der Waals surface area contributed by atoms with Gasteiger partial charge >= 0.3 is 0 Å². The van der Waals surface area contributed by atoms with Crippen molar-refractivity contribution in [1.29, 1.82) is 0 Å². The van der Waals surface area contributed by atoms with Crippen LogP contribution in [0.5, 0.6) is 0 Å². The van der Waals surface area contributed by atoms with Crippen LogP contribution in [0.3, 0.4) is 0 Å². The maximum atomic E-state index is 11.4. The number of rotatable bonds is 4. The Balaban J connectivity index is 1.66. The summed E-state index contributed by atoms with van der Waals surface area (Å²) in [4.78, 5) is 4.82. The zero-order valence-electron chi connectivity index (χ0n) is 13.7. The molecule has 2 N–H and O–H groups in total. The van der Waals surface area contributed by atoms with Gasteiger partial charge in [0, 0.05) is 35.9 Å². The maximum Gasteiger partial charge on any atom is 0.185 e. The first-order chi connectivity index (χ1) is 12.2. The van der Waals surface area contributed by atoms with Crippen molar-refractivity contribution in [2.24, 2.45) is 0 Å². The van der Waals surface area contributed by atoms with E-state index < -0.39 is 0 Å². The first-order valence-corrected chi connectivity index (χ1v) is 9.16. The van der Waals surface area contributed by atoms with E-state index in [1.165, 1.54) is 6.20 Å². The number of anilines is 1. The smallest absolute Gasteiger partial charge is 0.185 e. The van der Waals surface area contributed by atoms with Crippen molar-refractivity contribution in [3.63, 3.8) is 0 Å². The zero-order chi connectivity index (χ0) is 17.2. The topological polar surface area (TPSA) is 81.2 Å². The first kappa shape index (κ1) is 16.3. The average Bonchev–Trinajstić information content (AvgIpc) is 3.02. The Morgan fingerprint density at radius 3 is 3.04 bits per heavy atom. The fourth-order valence-corrected chi connectivity index (χ4v) is 3.55. The minimum atomic E-state index is 0.453. The highest BCUT2D eigenvalue weighted by molar-refractivity contribution is 9.10. The Bertz CT molecular complexity index is 890. The van der Waals surface area contributed by atoms with Crippen LogP contribution in [0.2, 0.25) is 0 Å². The molecule has 0 bridgehead atoms. The highest BCUT2D eigenvalue weighted by atomic mass is 79.9. The molecule has 7 nitrogen and oxygen atoms in total. The van der Waals surface area contributed by atoms with Crippen LogP contribution < -0.4 is 15.4 Å². The fraction of sp³-hybridized carbons (Fsp3) is 0.353. The molecule has 0 aromatic carbocycles. The molecular formula is C17H19BrN6O. The summed E-state index contributed by atoms with van der Waals surface area (Å²) in [6.45, 7) is 2.59. The van der Waals surface area contributed by atoms with Gasteiger partial charge in [0.25, 0.3) is 0 Å². The van der Waals surface area contributed by atoms with Gasteiger partial charge in [-0.2, -0.15) is 14.3 Å². The van der Waals surface area contributed by atoms with Gasteiger partial charge in [0.1, 0.15) is 5.82 Å². The lowest BCUT2D eigenvalue weighted by Gasteiger charge is -2.23. The van der Waals surface area contributed by atoms with Crippen LogP contribution in [-0.4, -0.2) is 27.7 Å². The first-order valence-electron chi connectivity index (χ1n) is 8.37. The molecule has 0 spiro atoms. The summed E-state index contributed by atoms with van der Waals surface area (Å²) in [6.07, 6.45) is 6.98. The van der Waals surface area contributed by atoms with E-state index in [0.717, 1.165) is 57.9 Å². The SMILES string of the molecule is [O-][n+]1cccc(CNc2cc(C3CCNCC3)nc3c(Br)cnn23)c1. The van der Waals surface area contributed by atoms with E-state index in [9.17, 15) is 5.21 Å². The number of aromatic nitrogens is 4. The molecule has 0 amide bonds. The highest BCUT2D eigenvalue weighted by Crippen LogP contribution is 2.28. The number of nitrogens with zero attached hydrogens (tertiary/aromatic N) is 4. The Labute approximate surface area is 153 Å². The third kappa shape index (κ3) is 3.45. The molecule has 25 heavy (non-hydrogen) atoms. The summed E-state index contributed by atoms with van der Waals surface area (Å²) in [7, 11) is 0. The van der Waals surface area contributed by atoms with E-state index in [4.69, 9.17) is 4.98 Å². The average molecular weight is 403 g/mol. The molecule has 4 heterocycles. The number of hydrogen-bond acceptors (Lipinski definition) is 5. The van der Waals surface area contributed by atoms with E-state index in [0.29, 0.717) is 12.5 Å². The minimum absolute atomic E-state index is 0.453. The Hall–Kier alpha value is -2.19. The van der Waals surface area contributed by atoms with Gasteiger partial charge in [-0.05, 0) is 47.9 Å². The molecule has 1 aliphatic rings.